The first-order chi connectivity index (χ1) is 14.5. The molecule has 0 aromatic heterocycles. The van der Waals surface area contributed by atoms with E-state index in [1.165, 1.54) is 12.8 Å². The summed E-state index contributed by atoms with van der Waals surface area (Å²) in [5.41, 5.74) is 0. The lowest BCUT2D eigenvalue weighted by Crippen LogP contribution is -2.57. The smallest absolute Gasteiger partial charge is 0.317 e. The number of rotatable bonds is 7. The minimum atomic E-state index is -0.109. The van der Waals surface area contributed by atoms with E-state index in [0.717, 1.165) is 71.7 Å². The molecule has 8 nitrogen and oxygen atoms in total. The van der Waals surface area contributed by atoms with Gasteiger partial charge in [-0.2, -0.15) is 0 Å². The van der Waals surface area contributed by atoms with Crippen LogP contribution < -0.4 is 10.6 Å². The van der Waals surface area contributed by atoms with Gasteiger partial charge in [0.15, 0.2) is 0 Å². The Hall–Kier alpha value is -0.510. The molecule has 3 rings (SSSR count). The van der Waals surface area contributed by atoms with Gasteiger partial charge in [-0.25, -0.2) is 4.79 Å². The Morgan fingerprint density at radius 2 is 1.55 bits per heavy atom. The van der Waals surface area contributed by atoms with E-state index in [1.807, 2.05) is 18.7 Å². The number of carbonyl (C=O) groups excluding carboxylic acids is 2. The number of piperazine rings is 1. The molecule has 3 saturated heterocycles. The molecule has 0 spiro atoms. The van der Waals surface area contributed by atoms with E-state index in [0.29, 0.717) is 25.0 Å². The lowest BCUT2D eigenvalue weighted by Gasteiger charge is -2.41. The molecule has 0 aromatic carbocycles. The summed E-state index contributed by atoms with van der Waals surface area (Å²) in [6.45, 7) is 13.0. The predicted octanol–water partition coefficient (Wildman–Crippen LogP) is 2.38. The second kappa shape index (κ2) is 17.0. The highest BCUT2D eigenvalue weighted by molar-refractivity contribution is 5.86. The van der Waals surface area contributed by atoms with Gasteiger partial charge in [-0.05, 0) is 44.7 Å². The molecule has 0 aromatic rings. The predicted molar refractivity (Wildman–Crippen MR) is 139 cm³/mol. The van der Waals surface area contributed by atoms with E-state index >= 15 is 0 Å². The van der Waals surface area contributed by atoms with Crippen molar-refractivity contribution in [2.45, 2.75) is 58.0 Å². The molecule has 0 saturated carbocycles. The fraction of sp³-hybridized carbons (Fsp3) is 0.909. The van der Waals surface area contributed by atoms with Crippen LogP contribution in [-0.4, -0.2) is 104 Å². The van der Waals surface area contributed by atoms with Crippen LogP contribution in [0.5, 0.6) is 0 Å². The van der Waals surface area contributed by atoms with Gasteiger partial charge in [0.05, 0.1) is 13.0 Å². The molecule has 11 heteroatoms. The van der Waals surface area contributed by atoms with Crippen molar-refractivity contribution in [3.63, 3.8) is 0 Å². The molecular weight excluding hydrogens is 489 g/mol. The average Bonchev–Trinajstić information content (AvgIpc) is 2.78. The van der Waals surface area contributed by atoms with Crippen LogP contribution in [0.15, 0.2) is 0 Å². The summed E-state index contributed by atoms with van der Waals surface area (Å²) in [7, 11) is 0. The second-order valence-electron chi connectivity index (χ2n) is 9.40. The average molecular weight is 533 g/mol. The van der Waals surface area contributed by atoms with Gasteiger partial charge in [0.1, 0.15) is 0 Å². The first-order valence-corrected chi connectivity index (χ1v) is 11.9. The van der Waals surface area contributed by atoms with Crippen LogP contribution >= 0.6 is 37.2 Å². The number of hydrogen-bond acceptors (Lipinski definition) is 6. The first kappa shape index (κ1) is 32.5. The van der Waals surface area contributed by atoms with Gasteiger partial charge in [-0.3, -0.25) is 9.69 Å². The zero-order chi connectivity index (χ0) is 21.3. The summed E-state index contributed by atoms with van der Waals surface area (Å²) in [6, 6.07) is 1.02. The van der Waals surface area contributed by atoms with E-state index in [-0.39, 0.29) is 55.3 Å². The summed E-state index contributed by atoms with van der Waals surface area (Å²) in [5.74, 6) is 0.267. The molecule has 0 radical (unpaired) electrons. The van der Waals surface area contributed by atoms with Crippen LogP contribution in [0.4, 0.5) is 4.79 Å². The van der Waals surface area contributed by atoms with E-state index in [4.69, 9.17) is 4.74 Å². The first-order valence-electron chi connectivity index (χ1n) is 11.9. The van der Waals surface area contributed by atoms with E-state index in [9.17, 15) is 9.59 Å². The van der Waals surface area contributed by atoms with Gasteiger partial charge in [-0.1, -0.05) is 13.8 Å². The number of halogens is 3. The van der Waals surface area contributed by atoms with Crippen molar-refractivity contribution in [2.24, 2.45) is 5.92 Å². The summed E-state index contributed by atoms with van der Waals surface area (Å²) in [4.78, 5) is 31.3. The fourth-order valence-electron chi connectivity index (χ4n) is 4.61. The van der Waals surface area contributed by atoms with Crippen molar-refractivity contribution in [3.8, 4) is 0 Å². The standard InChI is InChI=1S/C22H41N5O3.3ClH/c1-18(2)17-30-21(28)7-12-25-10-5-19(6-11-25)24-22(29)27-15-13-26(14-16-27)20-3-8-23-9-4-20;;;/h18-20,23H,3-17H2,1-2H3,(H,24,29);3*1H. The van der Waals surface area contributed by atoms with Crippen LogP contribution in [0, 0.1) is 5.92 Å². The minimum absolute atomic E-state index is 0. The third-order valence-corrected chi connectivity index (χ3v) is 6.55. The van der Waals surface area contributed by atoms with Gasteiger partial charge < -0.3 is 25.2 Å². The molecule has 0 atom stereocenters. The Morgan fingerprint density at radius 1 is 0.939 bits per heavy atom. The molecule has 0 aliphatic carbocycles. The number of hydrogen-bond donors (Lipinski definition) is 2. The van der Waals surface area contributed by atoms with Gasteiger partial charge in [0.25, 0.3) is 0 Å². The highest BCUT2D eigenvalue weighted by Crippen LogP contribution is 2.16. The van der Waals surface area contributed by atoms with Crippen LogP contribution in [0.25, 0.3) is 0 Å². The summed E-state index contributed by atoms with van der Waals surface area (Å²) in [6.07, 6.45) is 4.79. The summed E-state index contributed by atoms with van der Waals surface area (Å²) in [5, 5.41) is 6.67. The molecular formula is C22H44Cl3N5O3. The van der Waals surface area contributed by atoms with Crippen LogP contribution in [0.1, 0.15) is 46.0 Å². The van der Waals surface area contributed by atoms with Crippen molar-refractivity contribution in [1.82, 2.24) is 25.3 Å². The molecule has 196 valence electrons. The molecule has 3 fully saturated rings. The Balaban J connectivity index is 0.00000341. The molecule has 3 aliphatic rings. The van der Waals surface area contributed by atoms with Crippen LogP contribution in [0.3, 0.4) is 0 Å². The monoisotopic (exact) mass is 531 g/mol. The number of likely N-dealkylation sites (tertiary alicyclic amines) is 1. The maximum absolute atomic E-state index is 12.7. The van der Waals surface area contributed by atoms with Crippen molar-refractivity contribution < 1.29 is 14.3 Å². The highest BCUT2D eigenvalue weighted by atomic mass is 35.5. The lowest BCUT2D eigenvalue weighted by molar-refractivity contribution is -0.145. The van der Waals surface area contributed by atoms with Gasteiger partial charge in [0, 0.05) is 57.9 Å². The van der Waals surface area contributed by atoms with E-state index in [1.54, 1.807) is 0 Å². The number of esters is 1. The third kappa shape index (κ3) is 11.2. The zero-order valence-corrected chi connectivity index (χ0v) is 22.6. The van der Waals surface area contributed by atoms with Gasteiger partial charge in [-0.15, -0.1) is 37.2 Å². The Kier molecular flexibility index (Phi) is 16.7. The number of ether oxygens (including phenoxy) is 1. The number of carbonyl (C=O) groups is 2. The Labute approximate surface area is 218 Å². The molecule has 0 bridgehead atoms. The van der Waals surface area contributed by atoms with Crippen molar-refractivity contribution in [1.29, 1.82) is 0 Å². The van der Waals surface area contributed by atoms with Crippen molar-refractivity contribution in [2.75, 3.05) is 65.5 Å². The zero-order valence-electron chi connectivity index (χ0n) is 20.1. The van der Waals surface area contributed by atoms with Crippen LogP contribution in [-0.2, 0) is 9.53 Å². The molecule has 33 heavy (non-hydrogen) atoms. The number of piperidine rings is 2. The molecule has 3 heterocycles. The Morgan fingerprint density at radius 3 is 2.12 bits per heavy atom. The molecule has 3 aliphatic heterocycles. The summed E-state index contributed by atoms with van der Waals surface area (Å²) < 4.78 is 5.25. The SMILES string of the molecule is CC(C)COC(=O)CCN1CCC(NC(=O)N2CCN(C3CCNCC3)CC2)CC1.Cl.Cl.Cl. The number of urea groups is 1. The largest absolute Gasteiger partial charge is 0.465 e. The van der Waals surface area contributed by atoms with Crippen molar-refractivity contribution >= 4 is 49.2 Å². The van der Waals surface area contributed by atoms with Gasteiger partial charge in [0.2, 0.25) is 0 Å². The third-order valence-electron chi connectivity index (χ3n) is 6.55. The maximum atomic E-state index is 12.7. The molecule has 2 N–H and O–H groups in total. The molecule has 0 unspecified atom stereocenters. The number of nitrogens with one attached hydrogen (secondary N) is 2. The topological polar surface area (TPSA) is 77.2 Å². The fourth-order valence-corrected chi connectivity index (χ4v) is 4.61. The normalized spacial score (nSPS) is 20.9. The quantitative estimate of drug-likeness (QED) is 0.490. The van der Waals surface area contributed by atoms with Crippen LogP contribution in [0.2, 0.25) is 0 Å². The maximum Gasteiger partial charge on any atom is 0.317 e. The molecule has 2 amide bonds. The lowest BCUT2D eigenvalue weighted by atomic mass is 10.0. The van der Waals surface area contributed by atoms with E-state index in [2.05, 4.69) is 20.4 Å². The van der Waals surface area contributed by atoms with Crippen molar-refractivity contribution in [3.05, 3.63) is 0 Å². The van der Waals surface area contributed by atoms with Gasteiger partial charge >= 0.3 is 12.0 Å². The summed E-state index contributed by atoms with van der Waals surface area (Å²) >= 11 is 0. The minimum Gasteiger partial charge on any atom is -0.465 e. The Bertz CT molecular complexity index is 551. The number of nitrogens with zero attached hydrogens (tertiary/aromatic N) is 3. The second-order valence-corrected chi connectivity index (χ2v) is 9.40. The van der Waals surface area contributed by atoms with E-state index < -0.39 is 0 Å². The number of amides is 2. The highest BCUT2D eigenvalue weighted by Gasteiger charge is 2.28.